The van der Waals surface area contributed by atoms with Crippen LogP contribution < -0.4 is 16.0 Å². The maximum atomic E-state index is 12.8. The van der Waals surface area contributed by atoms with Crippen LogP contribution in [0, 0.1) is 5.92 Å². The fourth-order valence-electron chi connectivity index (χ4n) is 3.41. The molecule has 2 bridgehead atoms. The van der Waals surface area contributed by atoms with Crippen LogP contribution in [0.5, 0.6) is 0 Å². The van der Waals surface area contributed by atoms with E-state index in [4.69, 9.17) is 4.74 Å². The highest BCUT2D eigenvalue weighted by Gasteiger charge is 2.22. The van der Waals surface area contributed by atoms with Crippen molar-refractivity contribution in [1.82, 2.24) is 10.3 Å². The van der Waals surface area contributed by atoms with Crippen molar-refractivity contribution < 1.29 is 23.9 Å². The minimum absolute atomic E-state index is 0.209. The summed E-state index contributed by atoms with van der Waals surface area (Å²) in [5.74, 6) is -0.641. The zero-order valence-corrected chi connectivity index (χ0v) is 20.0. The highest BCUT2D eigenvalue weighted by molar-refractivity contribution is 5.99. The SMILES string of the molecule is COC(=O)Nc1ccc2c(c1)NC(=O)[C@@H](C)/C=C/C[C@H](NC(=O)OC(C)(C)C)c1cc-2ccn1. The first-order valence-electron chi connectivity index (χ1n) is 11.0. The summed E-state index contributed by atoms with van der Waals surface area (Å²) < 4.78 is 10.1. The molecule has 1 aliphatic rings. The molecule has 2 aromatic rings. The number of fused-ring (bicyclic) bond motifs is 4. The van der Waals surface area contributed by atoms with Gasteiger partial charge >= 0.3 is 12.2 Å². The summed E-state index contributed by atoms with van der Waals surface area (Å²) in [4.78, 5) is 41.4. The van der Waals surface area contributed by atoms with E-state index in [1.807, 2.05) is 18.2 Å². The lowest BCUT2D eigenvalue weighted by atomic mass is 9.98. The number of methoxy groups -OCH3 is 1. The van der Waals surface area contributed by atoms with E-state index in [-0.39, 0.29) is 5.91 Å². The van der Waals surface area contributed by atoms with Gasteiger partial charge in [0.25, 0.3) is 0 Å². The minimum atomic E-state index is -0.637. The number of nitrogens with one attached hydrogen (secondary N) is 3. The van der Waals surface area contributed by atoms with E-state index in [0.29, 0.717) is 23.5 Å². The molecule has 9 nitrogen and oxygen atoms in total. The summed E-state index contributed by atoms with van der Waals surface area (Å²) in [6.07, 6.45) is 4.55. The Morgan fingerprint density at radius 2 is 1.91 bits per heavy atom. The third kappa shape index (κ3) is 6.57. The van der Waals surface area contributed by atoms with Gasteiger partial charge in [-0.3, -0.25) is 15.1 Å². The van der Waals surface area contributed by atoms with E-state index in [1.165, 1.54) is 7.11 Å². The lowest BCUT2D eigenvalue weighted by Gasteiger charge is -2.24. The van der Waals surface area contributed by atoms with Crippen molar-refractivity contribution in [3.05, 3.63) is 54.4 Å². The molecule has 1 aromatic heterocycles. The minimum Gasteiger partial charge on any atom is -0.453 e. The standard InChI is InChI=1S/C25H30N4O5/c1-15-7-6-8-19(29-24(32)34-25(2,3)4)21-13-16(11-12-26-21)18-10-9-17(27-23(31)33-5)14-20(18)28-22(15)30/h6-7,9-15,19H,8H2,1-5H3,(H,27,31)(H,28,30)(H,29,32)/b7-6+/t15-,19-/m0/s1. The van der Waals surface area contributed by atoms with Crippen LogP contribution in [0.15, 0.2) is 48.7 Å². The molecule has 2 heterocycles. The van der Waals surface area contributed by atoms with Crippen LogP contribution in [0.2, 0.25) is 0 Å². The van der Waals surface area contributed by atoms with Gasteiger partial charge in [-0.05, 0) is 57.0 Å². The van der Waals surface area contributed by atoms with Crippen LogP contribution in [-0.2, 0) is 14.3 Å². The third-order valence-corrected chi connectivity index (χ3v) is 5.06. The Bertz CT molecular complexity index is 1110. The number of amides is 3. The van der Waals surface area contributed by atoms with Gasteiger partial charge < -0.3 is 20.1 Å². The number of hydrogen-bond acceptors (Lipinski definition) is 6. The zero-order chi connectivity index (χ0) is 24.9. The van der Waals surface area contributed by atoms with Crippen LogP contribution in [0.3, 0.4) is 0 Å². The number of carbonyl (C=O) groups excluding carboxylic acids is 3. The van der Waals surface area contributed by atoms with Gasteiger partial charge in [-0.1, -0.05) is 25.1 Å². The number of aromatic nitrogens is 1. The molecule has 180 valence electrons. The molecule has 9 heteroatoms. The molecule has 0 spiro atoms. The number of nitrogens with zero attached hydrogens (tertiary/aromatic N) is 1. The monoisotopic (exact) mass is 466 g/mol. The van der Waals surface area contributed by atoms with E-state index in [1.54, 1.807) is 58.2 Å². The van der Waals surface area contributed by atoms with Crippen molar-refractivity contribution in [2.75, 3.05) is 17.7 Å². The van der Waals surface area contributed by atoms with Crippen LogP contribution in [0.1, 0.15) is 45.9 Å². The number of benzene rings is 1. The van der Waals surface area contributed by atoms with Crippen LogP contribution >= 0.6 is 0 Å². The van der Waals surface area contributed by atoms with E-state index < -0.39 is 29.7 Å². The molecule has 3 amide bonds. The molecule has 0 saturated heterocycles. The van der Waals surface area contributed by atoms with Gasteiger partial charge in [-0.25, -0.2) is 9.59 Å². The second kappa shape index (κ2) is 10.4. The lowest BCUT2D eigenvalue weighted by molar-refractivity contribution is -0.118. The number of alkyl carbamates (subject to hydrolysis) is 1. The Morgan fingerprint density at radius 1 is 1.15 bits per heavy atom. The maximum absolute atomic E-state index is 12.8. The van der Waals surface area contributed by atoms with Crippen molar-refractivity contribution in [3.8, 4) is 11.1 Å². The van der Waals surface area contributed by atoms with Gasteiger partial charge in [-0.2, -0.15) is 0 Å². The fraction of sp³-hybridized carbons (Fsp3) is 0.360. The van der Waals surface area contributed by atoms with Crippen molar-refractivity contribution in [2.45, 2.75) is 45.8 Å². The second-order valence-corrected chi connectivity index (χ2v) is 8.99. The molecular weight excluding hydrogens is 436 g/mol. The van der Waals surface area contributed by atoms with Gasteiger partial charge in [0.1, 0.15) is 5.60 Å². The molecule has 3 rings (SSSR count). The Morgan fingerprint density at radius 3 is 2.62 bits per heavy atom. The third-order valence-electron chi connectivity index (χ3n) is 5.06. The fourth-order valence-corrected chi connectivity index (χ4v) is 3.41. The smallest absolute Gasteiger partial charge is 0.411 e. The van der Waals surface area contributed by atoms with Gasteiger partial charge in [0.05, 0.1) is 30.5 Å². The van der Waals surface area contributed by atoms with Crippen LogP contribution in [-0.4, -0.2) is 35.8 Å². The van der Waals surface area contributed by atoms with E-state index in [0.717, 1.165) is 11.1 Å². The molecule has 34 heavy (non-hydrogen) atoms. The predicted molar refractivity (Wildman–Crippen MR) is 129 cm³/mol. The molecule has 2 atom stereocenters. The van der Waals surface area contributed by atoms with Gasteiger partial charge in [-0.15, -0.1) is 0 Å². The molecule has 3 N–H and O–H groups in total. The quantitative estimate of drug-likeness (QED) is 0.534. The molecule has 1 aromatic carbocycles. The van der Waals surface area contributed by atoms with Gasteiger partial charge in [0.15, 0.2) is 0 Å². The first kappa shape index (κ1) is 24.8. The van der Waals surface area contributed by atoms with E-state index in [9.17, 15) is 14.4 Å². The molecule has 0 unspecified atom stereocenters. The molecule has 0 radical (unpaired) electrons. The first-order chi connectivity index (χ1) is 16.1. The van der Waals surface area contributed by atoms with Crippen molar-refractivity contribution in [1.29, 1.82) is 0 Å². The number of anilines is 2. The van der Waals surface area contributed by atoms with Crippen molar-refractivity contribution >= 4 is 29.5 Å². The number of ether oxygens (including phenoxy) is 2. The Hall–Kier alpha value is -3.88. The predicted octanol–water partition coefficient (Wildman–Crippen LogP) is 5.03. The summed E-state index contributed by atoms with van der Waals surface area (Å²) in [7, 11) is 1.28. The second-order valence-electron chi connectivity index (χ2n) is 8.99. The number of rotatable bonds is 2. The van der Waals surface area contributed by atoms with Crippen LogP contribution in [0.4, 0.5) is 21.0 Å². The van der Waals surface area contributed by atoms with Crippen molar-refractivity contribution in [3.63, 3.8) is 0 Å². The highest BCUT2D eigenvalue weighted by Crippen LogP contribution is 2.33. The van der Waals surface area contributed by atoms with E-state index in [2.05, 4.69) is 25.7 Å². The van der Waals surface area contributed by atoms with Gasteiger partial charge in [0, 0.05) is 17.4 Å². The largest absolute Gasteiger partial charge is 0.453 e. The maximum Gasteiger partial charge on any atom is 0.411 e. The molecule has 0 aliphatic carbocycles. The average Bonchev–Trinajstić information content (AvgIpc) is 2.76. The van der Waals surface area contributed by atoms with E-state index >= 15 is 0 Å². The summed E-state index contributed by atoms with van der Waals surface area (Å²) in [6, 6.07) is 8.40. The summed E-state index contributed by atoms with van der Waals surface area (Å²) >= 11 is 0. The summed E-state index contributed by atoms with van der Waals surface area (Å²) in [6.45, 7) is 7.17. The zero-order valence-electron chi connectivity index (χ0n) is 20.0. The number of hydrogen-bond donors (Lipinski definition) is 3. The first-order valence-corrected chi connectivity index (χ1v) is 11.0. The summed E-state index contributed by atoms with van der Waals surface area (Å²) in [5, 5.41) is 8.44. The number of carbonyl (C=O) groups is 3. The number of pyridine rings is 1. The lowest BCUT2D eigenvalue weighted by Crippen LogP contribution is -2.35. The Kier molecular flexibility index (Phi) is 7.55. The summed E-state index contributed by atoms with van der Waals surface area (Å²) in [5.41, 5.74) is 2.53. The molecule has 1 aliphatic heterocycles. The highest BCUT2D eigenvalue weighted by atomic mass is 16.6. The van der Waals surface area contributed by atoms with Crippen LogP contribution in [0.25, 0.3) is 11.1 Å². The average molecular weight is 467 g/mol. The van der Waals surface area contributed by atoms with Crippen molar-refractivity contribution in [2.24, 2.45) is 5.92 Å². The molecule has 0 saturated carbocycles. The normalized spacial score (nSPS) is 18.8. The van der Waals surface area contributed by atoms with Gasteiger partial charge in [0.2, 0.25) is 5.91 Å². The molecule has 0 fully saturated rings. The molecular formula is C25H30N4O5. The topological polar surface area (TPSA) is 119 Å². The Balaban J connectivity index is 2.04. The Labute approximate surface area is 198 Å².